The first kappa shape index (κ1) is 17.6. The number of aromatic hydroxyl groups is 1. The summed E-state index contributed by atoms with van der Waals surface area (Å²) in [6.07, 6.45) is 0. The number of rotatable bonds is 7. The van der Waals surface area contributed by atoms with Crippen LogP contribution in [0.5, 0.6) is 11.5 Å². The Labute approximate surface area is 130 Å². The normalized spacial score (nSPS) is 12.0. The zero-order valence-corrected chi connectivity index (χ0v) is 13.7. The van der Waals surface area contributed by atoms with Gasteiger partial charge in [-0.1, -0.05) is 11.6 Å². The smallest absolute Gasteiger partial charge is 0.239 e. The second-order valence-corrected chi connectivity index (χ2v) is 5.17. The van der Waals surface area contributed by atoms with Gasteiger partial charge < -0.3 is 20.1 Å². The molecule has 21 heavy (non-hydrogen) atoms. The summed E-state index contributed by atoms with van der Waals surface area (Å²) in [5, 5.41) is 13.6. The van der Waals surface area contributed by atoms with Gasteiger partial charge >= 0.3 is 0 Å². The van der Waals surface area contributed by atoms with E-state index in [0.717, 1.165) is 0 Å². The molecule has 0 aliphatic heterocycles. The summed E-state index contributed by atoms with van der Waals surface area (Å²) in [6, 6.07) is 2.86. The van der Waals surface area contributed by atoms with E-state index in [-0.39, 0.29) is 17.7 Å². The lowest BCUT2D eigenvalue weighted by Gasteiger charge is -2.23. The van der Waals surface area contributed by atoms with E-state index in [1.54, 1.807) is 24.0 Å². The van der Waals surface area contributed by atoms with Crippen LogP contribution in [-0.2, 0) is 11.3 Å². The number of hydrogen-bond donors (Lipinski definition) is 2. The summed E-state index contributed by atoms with van der Waals surface area (Å²) in [4.78, 5) is 13.9. The van der Waals surface area contributed by atoms with Gasteiger partial charge in [0.1, 0.15) is 0 Å². The van der Waals surface area contributed by atoms with Gasteiger partial charge in [-0.25, -0.2) is 0 Å². The van der Waals surface area contributed by atoms with Crippen LogP contribution in [0.25, 0.3) is 0 Å². The average Bonchev–Trinajstić information content (AvgIpc) is 2.48. The van der Waals surface area contributed by atoms with Crippen molar-refractivity contribution in [2.45, 2.75) is 33.4 Å². The number of nitrogens with zero attached hydrogens (tertiary/aromatic N) is 1. The fraction of sp³-hybridized carbons (Fsp3) is 0.533. The monoisotopic (exact) mass is 314 g/mol. The van der Waals surface area contributed by atoms with Gasteiger partial charge in [-0.3, -0.25) is 4.79 Å². The Morgan fingerprint density at radius 3 is 2.57 bits per heavy atom. The minimum atomic E-state index is -0.339. The summed E-state index contributed by atoms with van der Waals surface area (Å²) >= 11 is 5.98. The highest BCUT2D eigenvalue weighted by atomic mass is 35.5. The molecule has 0 spiro atoms. The van der Waals surface area contributed by atoms with Crippen molar-refractivity contribution in [3.05, 3.63) is 22.7 Å². The lowest BCUT2D eigenvalue weighted by Crippen LogP contribution is -2.44. The number of benzene rings is 1. The molecule has 0 aromatic heterocycles. The lowest BCUT2D eigenvalue weighted by molar-refractivity contribution is -0.132. The van der Waals surface area contributed by atoms with Gasteiger partial charge in [0.2, 0.25) is 5.91 Å². The zero-order valence-electron chi connectivity index (χ0n) is 12.9. The molecule has 1 unspecified atom stereocenters. The van der Waals surface area contributed by atoms with E-state index in [1.807, 2.05) is 13.8 Å². The number of carbonyl (C=O) groups is 1. The van der Waals surface area contributed by atoms with Gasteiger partial charge in [0.05, 0.1) is 13.2 Å². The molecular weight excluding hydrogens is 292 g/mol. The maximum atomic E-state index is 12.2. The average molecular weight is 315 g/mol. The number of hydrogen-bond acceptors (Lipinski definition) is 4. The van der Waals surface area contributed by atoms with Crippen LogP contribution in [0.3, 0.4) is 0 Å². The molecule has 118 valence electrons. The van der Waals surface area contributed by atoms with Crippen molar-refractivity contribution in [2.24, 2.45) is 0 Å². The van der Waals surface area contributed by atoms with Crippen LogP contribution < -0.4 is 10.1 Å². The lowest BCUT2D eigenvalue weighted by atomic mass is 10.1. The van der Waals surface area contributed by atoms with Crippen LogP contribution in [0.2, 0.25) is 5.02 Å². The van der Waals surface area contributed by atoms with Crippen molar-refractivity contribution in [3.8, 4) is 11.5 Å². The summed E-state index contributed by atoms with van der Waals surface area (Å²) in [7, 11) is 1.47. The summed E-state index contributed by atoms with van der Waals surface area (Å²) in [5.41, 5.74) is 0.596. The van der Waals surface area contributed by atoms with Crippen LogP contribution in [0, 0.1) is 0 Å². The molecule has 5 nitrogen and oxygen atoms in total. The summed E-state index contributed by atoms with van der Waals surface area (Å²) in [6.45, 7) is 7.38. The predicted octanol–water partition coefficient (Wildman–Crippen LogP) is 2.40. The molecule has 0 aliphatic rings. The molecular formula is C15H23ClN2O3. The Morgan fingerprint density at radius 2 is 2.05 bits per heavy atom. The number of halogens is 1. The highest BCUT2D eigenvalue weighted by Gasteiger charge is 2.18. The standard InChI is InChI=1S/C15H23ClN2O3/c1-5-18(6-2)15(20)10(3)17-9-11-7-12(16)8-13(21-4)14(11)19/h7-8,10,17,19H,5-6,9H2,1-4H3. The number of nitrogens with one attached hydrogen (secondary N) is 1. The highest BCUT2D eigenvalue weighted by molar-refractivity contribution is 6.30. The van der Waals surface area contributed by atoms with Crippen LogP contribution >= 0.6 is 11.6 Å². The fourth-order valence-electron chi connectivity index (χ4n) is 2.08. The molecule has 1 atom stereocenters. The first-order valence-electron chi connectivity index (χ1n) is 7.02. The number of amides is 1. The molecule has 0 aliphatic carbocycles. The molecule has 6 heteroatoms. The van der Waals surface area contributed by atoms with Crippen LogP contribution in [0.15, 0.2) is 12.1 Å². The number of phenolic OH excluding ortho intramolecular Hbond substituents is 1. The Balaban J connectivity index is 2.75. The van der Waals surface area contributed by atoms with Crippen molar-refractivity contribution in [3.63, 3.8) is 0 Å². The number of likely N-dealkylation sites (N-methyl/N-ethyl adjacent to an activating group) is 1. The number of carbonyl (C=O) groups excluding carboxylic acids is 1. The van der Waals surface area contributed by atoms with Crippen molar-refractivity contribution >= 4 is 17.5 Å². The quantitative estimate of drug-likeness (QED) is 0.811. The van der Waals surface area contributed by atoms with E-state index in [1.165, 1.54) is 7.11 Å². The van der Waals surface area contributed by atoms with Gasteiger partial charge in [0.25, 0.3) is 0 Å². The van der Waals surface area contributed by atoms with E-state index in [2.05, 4.69) is 5.32 Å². The third kappa shape index (κ3) is 4.51. The van der Waals surface area contributed by atoms with Crippen LogP contribution in [-0.4, -0.2) is 42.2 Å². The molecule has 0 saturated heterocycles. The van der Waals surface area contributed by atoms with Crippen molar-refractivity contribution in [2.75, 3.05) is 20.2 Å². The Kier molecular flexibility index (Phi) is 6.78. The minimum absolute atomic E-state index is 0.0356. The largest absolute Gasteiger partial charge is 0.504 e. The Bertz CT molecular complexity index is 490. The SMILES string of the molecule is CCN(CC)C(=O)C(C)NCc1cc(Cl)cc(OC)c1O. The summed E-state index contributed by atoms with van der Waals surface area (Å²) < 4.78 is 5.06. The topological polar surface area (TPSA) is 61.8 Å². The maximum absolute atomic E-state index is 12.2. The van der Waals surface area contributed by atoms with Crippen molar-refractivity contribution in [1.82, 2.24) is 10.2 Å². The van der Waals surface area contributed by atoms with Gasteiger partial charge in [-0.15, -0.1) is 0 Å². The van der Waals surface area contributed by atoms with Gasteiger partial charge in [0, 0.05) is 36.3 Å². The molecule has 2 N–H and O–H groups in total. The molecule has 0 bridgehead atoms. The minimum Gasteiger partial charge on any atom is -0.504 e. The zero-order chi connectivity index (χ0) is 16.0. The second-order valence-electron chi connectivity index (χ2n) is 4.73. The van der Waals surface area contributed by atoms with Gasteiger partial charge in [-0.05, 0) is 26.8 Å². The van der Waals surface area contributed by atoms with E-state index < -0.39 is 0 Å². The molecule has 0 heterocycles. The highest BCUT2D eigenvalue weighted by Crippen LogP contribution is 2.33. The Morgan fingerprint density at radius 1 is 1.43 bits per heavy atom. The van der Waals surface area contributed by atoms with Gasteiger partial charge in [-0.2, -0.15) is 0 Å². The van der Waals surface area contributed by atoms with Crippen LogP contribution in [0.1, 0.15) is 26.3 Å². The van der Waals surface area contributed by atoms with Crippen LogP contribution in [0.4, 0.5) is 0 Å². The molecule has 0 saturated carbocycles. The third-order valence-corrected chi connectivity index (χ3v) is 3.60. The Hall–Kier alpha value is -1.46. The maximum Gasteiger partial charge on any atom is 0.239 e. The van der Waals surface area contributed by atoms with Crippen molar-refractivity contribution < 1.29 is 14.6 Å². The number of methoxy groups -OCH3 is 1. The molecule has 1 rings (SSSR count). The predicted molar refractivity (Wildman–Crippen MR) is 83.9 cm³/mol. The molecule has 1 aromatic rings. The van der Waals surface area contributed by atoms with Crippen molar-refractivity contribution in [1.29, 1.82) is 0 Å². The van der Waals surface area contributed by atoms with Gasteiger partial charge in [0.15, 0.2) is 11.5 Å². The first-order valence-corrected chi connectivity index (χ1v) is 7.39. The summed E-state index contributed by atoms with van der Waals surface area (Å²) in [5.74, 6) is 0.396. The van der Waals surface area contributed by atoms with E-state index in [0.29, 0.717) is 36.0 Å². The fourth-order valence-corrected chi connectivity index (χ4v) is 2.31. The molecule has 1 aromatic carbocycles. The second kappa shape index (κ2) is 8.10. The third-order valence-electron chi connectivity index (χ3n) is 3.38. The van der Waals surface area contributed by atoms with E-state index >= 15 is 0 Å². The van der Waals surface area contributed by atoms with E-state index in [9.17, 15) is 9.90 Å². The molecule has 0 radical (unpaired) electrons. The number of phenols is 1. The van der Waals surface area contributed by atoms with E-state index in [4.69, 9.17) is 16.3 Å². The number of ether oxygens (including phenoxy) is 1. The molecule has 1 amide bonds. The first-order chi connectivity index (χ1) is 9.94. The molecule has 0 fully saturated rings.